The van der Waals surface area contributed by atoms with Crippen LogP contribution in [0.15, 0.2) is 28.9 Å². The number of hydrogen-bond donors (Lipinski definition) is 1. The Morgan fingerprint density at radius 1 is 1.38 bits per heavy atom. The molecule has 5 heteroatoms. The minimum Gasteiger partial charge on any atom is -0.475 e. The molecule has 0 amide bonds. The van der Waals surface area contributed by atoms with Crippen LogP contribution in [0.25, 0.3) is 10.9 Å². The number of halogens is 1. The fraction of sp³-hybridized carbons (Fsp3) is 0.0909. The van der Waals surface area contributed by atoms with Gasteiger partial charge in [0.05, 0.1) is 11.1 Å². The van der Waals surface area contributed by atoms with Crippen LogP contribution in [0.5, 0.6) is 0 Å². The van der Waals surface area contributed by atoms with Crippen molar-refractivity contribution >= 4 is 38.6 Å². The molecule has 2 aromatic rings. The summed E-state index contributed by atoms with van der Waals surface area (Å²) in [5, 5.41) is 9.55. The Labute approximate surface area is 99.6 Å². The molecule has 82 valence electrons. The molecule has 0 spiro atoms. The number of hydrogen-bond acceptors (Lipinski definition) is 2. The predicted molar refractivity (Wildman–Crippen MR) is 62.6 cm³/mol. The number of fused-ring (bicyclic) bond motifs is 1. The normalized spacial score (nSPS) is 10.6. The van der Waals surface area contributed by atoms with Gasteiger partial charge < -0.3 is 9.67 Å². The average molecular weight is 282 g/mol. The summed E-state index contributed by atoms with van der Waals surface area (Å²) in [5.74, 6) is -2.33. The summed E-state index contributed by atoms with van der Waals surface area (Å²) >= 11 is 3.36. The zero-order valence-electron chi connectivity index (χ0n) is 8.40. The second-order valence-corrected chi connectivity index (χ2v) is 4.28. The monoisotopic (exact) mass is 281 g/mol. The van der Waals surface area contributed by atoms with Gasteiger partial charge in [-0.25, -0.2) is 4.79 Å². The molecule has 0 aliphatic carbocycles. The molecule has 1 aromatic carbocycles. The number of carboxylic acids is 1. The number of aryl methyl sites for hydroxylation is 1. The van der Waals surface area contributed by atoms with Gasteiger partial charge in [-0.05, 0) is 22.0 Å². The molecule has 4 nitrogen and oxygen atoms in total. The quantitative estimate of drug-likeness (QED) is 0.678. The van der Waals surface area contributed by atoms with E-state index in [1.54, 1.807) is 23.9 Å². The summed E-state index contributed by atoms with van der Waals surface area (Å²) in [6, 6.07) is 5.02. The molecule has 16 heavy (non-hydrogen) atoms. The van der Waals surface area contributed by atoms with Gasteiger partial charge in [-0.1, -0.05) is 12.1 Å². The van der Waals surface area contributed by atoms with Gasteiger partial charge in [0.15, 0.2) is 0 Å². The Morgan fingerprint density at radius 2 is 2.06 bits per heavy atom. The molecule has 1 N–H and O–H groups in total. The number of para-hydroxylation sites is 1. The first-order chi connectivity index (χ1) is 7.52. The standard InChI is InChI=1S/C11H8BrNO3/c1-13-5-8(12)6-3-2-4-7(9(6)13)10(14)11(15)16/h2-5H,1H3,(H,15,16). The minimum atomic E-state index is -1.44. The highest BCUT2D eigenvalue weighted by atomic mass is 79.9. The Bertz CT molecular complexity index is 601. The highest BCUT2D eigenvalue weighted by Crippen LogP contribution is 2.28. The van der Waals surface area contributed by atoms with E-state index in [0.717, 1.165) is 9.86 Å². The molecule has 0 unspecified atom stereocenters. The summed E-state index contributed by atoms with van der Waals surface area (Å²) in [6.45, 7) is 0. The van der Waals surface area contributed by atoms with Crippen LogP contribution in [-0.2, 0) is 11.8 Å². The second kappa shape index (κ2) is 3.75. The number of aromatic nitrogens is 1. The fourth-order valence-corrected chi connectivity index (χ4v) is 2.35. The lowest BCUT2D eigenvalue weighted by Gasteiger charge is -2.02. The molecule has 0 saturated carbocycles. The molecule has 0 fully saturated rings. The molecule has 0 atom stereocenters. The number of carbonyl (C=O) groups is 2. The van der Waals surface area contributed by atoms with Crippen molar-refractivity contribution in [2.24, 2.45) is 7.05 Å². The first kappa shape index (κ1) is 10.9. The number of nitrogens with zero attached hydrogens (tertiary/aromatic N) is 1. The van der Waals surface area contributed by atoms with Crippen LogP contribution < -0.4 is 0 Å². The molecule has 1 heterocycles. The van der Waals surface area contributed by atoms with Gasteiger partial charge in [0.25, 0.3) is 5.78 Å². The molecule has 1 aromatic heterocycles. The van der Waals surface area contributed by atoms with Gasteiger partial charge in [-0.3, -0.25) is 4.79 Å². The van der Waals surface area contributed by atoms with Gasteiger partial charge in [0, 0.05) is 23.1 Å². The summed E-state index contributed by atoms with van der Waals surface area (Å²) in [6.07, 6.45) is 1.79. The Hall–Kier alpha value is -1.62. The largest absolute Gasteiger partial charge is 0.475 e. The number of carboxylic acid groups (broad SMARTS) is 1. The van der Waals surface area contributed by atoms with Crippen molar-refractivity contribution in [1.29, 1.82) is 0 Å². The highest BCUT2D eigenvalue weighted by molar-refractivity contribution is 9.10. The van der Waals surface area contributed by atoms with Crippen LogP contribution in [0.1, 0.15) is 10.4 Å². The Kier molecular flexibility index (Phi) is 2.55. The third kappa shape index (κ3) is 1.53. The van der Waals surface area contributed by atoms with Crippen molar-refractivity contribution in [3.63, 3.8) is 0 Å². The van der Waals surface area contributed by atoms with Gasteiger partial charge in [-0.2, -0.15) is 0 Å². The van der Waals surface area contributed by atoms with Crippen LogP contribution in [-0.4, -0.2) is 21.4 Å². The molecule has 0 aliphatic heterocycles. The summed E-state index contributed by atoms with van der Waals surface area (Å²) < 4.78 is 2.57. The zero-order valence-corrected chi connectivity index (χ0v) is 9.98. The number of rotatable bonds is 2. The number of aliphatic carboxylic acids is 1. The average Bonchev–Trinajstić information content (AvgIpc) is 2.54. The molecular formula is C11H8BrNO3. The topological polar surface area (TPSA) is 59.3 Å². The van der Waals surface area contributed by atoms with E-state index in [9.17, 15) is 9.59 Å². The zero-order chi connectivity index (χ0) is 11.9. The van der Waals surface area contributed by atoms with Gasteiger partial charge in [0.2, 0.25) is 0 Å². The molecule has 0 saturated heterocycles. The highest BCUT2D eigenvalue weighted by Gasteiger charge is 2.19. The Balaban J connectivity index is 2.80. The van der Waals surface area contributed by atoms with E-state index < -0.39 is 11.8 Å². The van der Waals surface area contributed by atoms with Crippen LogP contribution in [0.4, 0.5) is 0 Å². The first-order valence-corrected chi connectivity index (χ1v) is 5.33. The lowest BCUT2D eigenvalue weighted by molar-refractivity contribution is -0.131. The van der Waals surface area contributed by atoms with E-state index in [-0.39, 0.29) is 5.56 Å². The SMILES string of the molecule is Cn1cc(Br)c2cccc(C(=O)C(=O)O)c21. The van der Waals surface area contributed by atoms with Crippen molar-refractivity contribution in [2.45, 2.75) is 0 Å². The maximum atomic E-state index is 11.5. The van der Waals surface area contributed by atoms with E-state index >= 15 is 0 Å². The van der Waals surface area contributed by atoms with Gasteiger partial charge >= 0.3 is 5.97 Å². The van der Waals surface area contributed by atoms with E-state index in [2.05, 4.69) is 15.9 Å². The number of carbonyl (C=O) groups excluding carboxylic acids is 1. The molecule has 2 rings (SSSR count). The number of benzene rings is 1. The van der Waals surface area contributed by atoms with Gasteiger partial charge in [-0.15, -0.1) is 0 Å². The van der Waals surface area contributed by atoms with Crippen molar-refractivity contribution < 1.29 is 14.7 Å². The fourth-order valence-electron chi connectivity index (χ4n) is 1.72. The molecule has 0 bridgehead atoms. The number of ketones is 1. The van der Waals surface area contributed by atoms with Crippen LogP contribution in [0.2, 0.25) is 0 Å². The first-order valence-electron chi connectivity index (χ1n) is 4.53. The van der Waals surface area contributed by atoms with E-state index in [1.807, 2.05) is 6.07 Å². The van der Waals surface area contributed by atoms with Crippen molar-refractivity contribution in [1.82, 2.24) is 4.57 Å². The van der Waals surface area contributed by atoms with Crippen LogP contribution in [0, 0.1) is 0 Å². The molecular weight excluding hydrogens is 274 g/mol. The van der Waals surface area contributed by atoms with E-state index in [1.165, 1.54) is 6.07 Å². The maximum Gasteiger partial charge on any atom is 0.377 e. The minimum absolute atomic E-state index is 0.207. The van der Waals surface area contributed by atoms with Crippen molar-refractivity contribution in [3.8, 4) is 0 Å². The van der Waals surface area contributed by atoms with Gasteiger partial charge in [0.1, 0.15) is 0 Å². The number of Topliss-reactive ketones (excluding diaryl/α,β-unsaturated/α-hetero) is 1. The van der Waals surface area contributed by atoms with Crippen molar-refractivity contribution in [2.75, 3.05) is 0 Å². The van der Waals surface area contributed by atoms with Crippen LogP contribution >= 0.6 is 15.9 Å². The summed E-state index contributed by atoms with van der Waals surface area (Å²) in [7, 11) is 1.77. The third-order valence-corrected chi connectivity index (χ3v) is 3.02. The van der Waals surface area contributed by atoms with E-state index in [0.29, 0.717) is 5.52 Å². The lowest BCUT2D eigenvalue weighted by Crippen LogP contribution is -2.13. The second-order valence-electron chi connectivity index (χ2n) is 3.42. The summed E-state index contributed by atoms with van der Waals surface area (Å²) in [5.41, 5.74) is 0.833. The maximum absolute atomic E-state index is 11.5. The summed E-state index contributed by atoms with van der Waals surface area (Å²) in [4.78, 5) is 22.2. The van der Waals surface area contributed by atoms with Crippen LogP contribution in [0.3, 0.4) is 0 Å². The third-order valence-electron chi connectivity index (χ3n) is 2.39. The molecule has 0 radical (unpaired) electrons. The van der Waals surface area contributed by atoms with Crippen molar-refractivity contribution in [3.05, 3.63) is 34.4 Å². The smallest absolute Gasteiger partial charge is 0.377 e. The molecule has 0 aliphatic rings. The Morgan fingerprint density at radius 3 is 2.69 bits per heavy atom. The predicted octanol–water partition coefficient (Wildman–Crippen LogP) is 2.21. The van der Waals surface area contributed by atoms with E-state index in [4.69, 9.17) is 5.11 Å². The lowest BCUT2D eigenvalue weighted by atomic mass is 10.1.